The van der Waals surface area contributed by atoms with Crippen molar-refractivity contribution < 1.29 is 24.2 Å². The van der Waals surface area contributed by atoms with Gasteiger partial charge in [-0.2, -0.15) is 0 Å². The zero-order valence-electron chi connectivity index (χ0n) is 12.4. The first kappa shape index (κ1) is 14.2. The summed E-state index contributed by atoms with van der Waals surface area (Å²) in [6.07, 6.45) is 1.22. The number of carbonyl (C=O) groups excluding carboxylic acids is 2. The molecule has 2 saturated heterocycles. The molecular weight excluding hydrogens is 306 g/mol. The van der Waals surface area contributed by atoms with Crippen LogP contribution in [0.2, 0.25) is 0 Å². The molecule has 2 atom stereocenters. The van der Waals surface area contributed by atoms with Gasteiger partial charge in [-0.25, -0.2) is 19.1 Å². The van der Waals surface area contributed by atoms with E-state index in [4.69, 9.17) is 9.47 Å². The van der Waals surface area contributed by atoms with Crippen molar-refractivity contribution >= 4 is 12.0 Å². The lowest BCUT2D eigenvalue weighted by molar-refractivity contribution is 0.0513. The number of aromatic hydroxyl groups is 1. The van der Waals surface area contributed by atoms with E-state index in [9.17, 15) is 19.5 Å². The number of rotatable bonds is 2. The van der Waals surface area contributed by atoms with Crippen LogP contribution in [0.5, 0.6) is 5.75 Å². The molecule has 1 spiro atoms. The van der Waals surface area contributed by atoms with Crippen LogP contribution in [0.4, 0.5) is 4.79 Å². The summed E-state index contributed by atoms with van der Waals surface area (Å²) in [6.45, 7) is 2.36. The summed E-state index contributed by atoms with van der Waals surface area (Å²) in [5.41, 5.74) is -2.25. The number of hydrogen-bond donors (Lipinski definition) is 1. The molecule has 9 heteroatoms. The van der Waals surface area contributed by atoms with E-state index in [-0.39, 0.29) is 25.1 Å². The molecule has 0 aromatic carbocycles. The monoisotopic (exact) mass is 321 g/mol. The van der Waals surface area contributed by atoms with Gasteiger partial charge in [-0.1, -0.05) is 0 Å². The minimum Gasteiger partial charge on any atom is -0.501 e. The first-order chi connectivity index (χ1) is 11.0. The normalized spacial score (nSPS) is 27.8. The minimum absolute atomic E-state index is 0.00217. The fraction of sp³-hybridized carbons (Fsp3) is 0.571. The Morgan fingerprint density at radius 3 is 3.04 bits per heavy atom. The second-order valence-electron chi connectivity index (χ2n) is 5.89. The molecule has 1 amide bonds. The highest BCUT2D eigenvalue weighted by molar-refractivity contribution is 5.91. The Balaban J connectivity index is 1.94. The Bertz CT molecular complexity index is 787. The van der Waals surface area contributed by atoms with Crippen LogP contribution in [0, 0.1) is 0 Å². The quantitative estimate of drug-likeness (QED) is 0.751. The van der Waals surface area contributed by atoms with E-state index in [0.717, 1.165) is 4.57 Å². The van der Waals surface area contributed by atoms with Gasteiger partial charge in [-0.3, -0.25) is 4.79 Å². The molecule has 1 aromatic rings. The number of nitrogens with zero attached hydrogens (tertiary/aromatic N) is 3. The third kappa shape index (κ3) is 1.65. The molecule has 9 nitrogen and oxygen atoms in total. The molecule has 2 bridgehead atoms. The number of piperidine rings is 1. The molecule has 1 N–H and O–H groups in total. The number of aromatic nitrogens is 2. The zero-order valence-corrected chi connectivity index (χ0v) is 12.4. The summed E-state index contributed by atoms with van der Waals surface area (Å²) in [5, 5.41) is 9.98. The average Bonchev–Trinajstić information content (AvgIpc) is 2.99. The summed E-state index contributed by atoms with van der Waals surface area (Å²) in [6, 6.07) is -0.535. The van der Waals surface area contributed by atoms with E-state index < -0.39 is 34.5 Å². The number of fused-ring (bicyclic) bond motifs is 2. The van der Waals surface area contributed by atoms with Crippen molar-refractivity contribution in [2.24, 2.45) is 0 Å². The van der Waals surface area contributed by atoms with Crippen LogP contribution in [0.25, 0.3) is 0 Å². The molecule has 1 aromatic heterocycles. The van der Waals surface area contributed by atoms with Gasteiger partial charge in [0.05, 0.1) is 19.3 Å². The van der Waals surface area contributed by atoms with Gasteiger partial charge in [-0.15, -0.1) is 0 Å². The van der Waals surface area contributed by atoms with Crippen LogP contribution in [0.1, 0.15) is 36.1 Å². The van der Waals surface area contributed by atoms with E-state index in [0.29, 0.717) is 19.4 Å². The number of carbonyl (C=O) groups is 2. The number of esters is 1. The molecule has 4 heterocycles. The van der Waals surface area contributed by atoms with Gasteiger partial charge in [0.15, 0.2) is 5.69 Å². The van der Waals surface area contributed by atoms with E-state index in [1.165, 1.54) is 0 Å². The van der Waals surface area contributed by atoms with Crippen LogP contribution in [0.3, 0.4) is 0 Å². The lowest BCUT2D eigenvalue weighted by Gasteiger charge is -2.35. The van der Waals surface area contributed by atoms with Crippen LogP contribution in [-0.2, 0) is 15.0 Å². The van der Waals surface area contributed by atoms with Gasteiger partial charge < -0.3 is 19.5 Å². The highest BCUT2D eigenvalue weighted by Gasteiger charge is 2.59. The molecule has 2 fully saturated rings. The molecule has 23 heavy (non-hydrogen) atoms. The van der Waals surface area contributed by atoms with Crippen molar-refractivity contribution in [3.8, 4) is 5.75 Å². The Morgan fingerprint density at radius 1 is 1.52 bits per heavy atom. The molecule has 3 aliphatic rings. The van der Waals surface area contributed by atoms with Gasteiger partial charge in [0, 0.05) is 13.0 Å². The smallest absolute Gasteiger partial charge is 0.361 e. The molecule has 2 unspecified atom stereocenters. The molecule has 0 saturated carbocycles. The maximum Gasteiger partial charge on any atom is 0.361 e. The molecule has 122 valence electrons. The number of hydrogen-bond acceptors (Lipinski definition) is 7. The highest BCUT2D eigenvalue weighted by atomic mass is 16.5. The standard InChI is InChI=1S/C14H15N3O6/c1-2-22-11(20)8-9(18)10(19)17-12(15-8)14-5-7(23-6-14)3-4-16(14)13(17)21/h7,18H,2-6H2,1H3. The lowest BCUT2D eigenvalue weighted by atomic mass is 9.89. The molecule has 0 aliphatic carbocycles. The van der Waals surface area contributed by atoms with Crippen molar-refractivity contribution in [1.29, 1.82) is 0 Å². The summed E-state index contributed by atoms with van der Waals surface area (Å²) >= 11 is 0. The van der Waals surface area contributed by atoms with E-state index in [1.807, 2.05) is 0 Å². The summed E-state index contributed by atoms with van der Waals surface area (Å²) in [5.74, 6) is -1.61. The van der Waals surface area contributed by atoms with Crippen molar-refractivity contribution in [1.82, 2.24) is 14.5 Å². The van der Waals surface area contributed by atoms with E-state index in [1.54, 1.807) is 11.8 Å². The van der Waals surface area contributed by atoms with Crippen molar-refractivity contribution in [2.75, 3.05) is 19.8 Å². The molecule has 3 aliphatic heterocycles. The van der Waals surface area contributed by atoms with Crippen molar-refractivity contribution in [2.45, 2.75) is 31.4 Å². The van der Waals surface area contributed by atoms with Gasteiger partial charge in [0.1, 0.15) is 11.4 Å². The molecular formula is C14H15N3O6. The van der Waals surface area contributed by atoms with Crippen LogP contribution < -0.4 is 5.56 Å². The van der Waals surface area contributed by atoms with Gasteiger partial charge >= 0.3 is 17.6 Å². The fourth-order valence-electron chi connectivity index (χ4n) is 3.63. The number of amides is 1. The summed E-state index contributed by atoms with van der Waals surface area (Å²) in [4.78, 5) is 42.6. The average molecular weight is 321 g/mol. The second kappa shape index (κ2) is 4.54. The minimum atomic E-state index is -0.949. The van der Waals surface area contributed by atoms with Crippen molar-refractivity contribution in [3.63, 3.8) is 0 Å². The third-order valence-electron chi connectivity index (χ3n) is 4.68. The maximum atomic E-state index is 12.6. The Morgan fingerprint density at radius 2 is 2.30 bits per heavy atom. The Labute approximate surface area is 130 Å². The van der Waals surface area contributed by atoms with Crippen molar-refractivity contribution in [3.05, 3.63) is 21.9 Å². The largest absolute Gasteiger partial charge is 0.501 e. The zero-order chi connectivity index (χ0) is 16.4. The van der Waals surface area contributed by atoms with Gasteiger partial charge in [0.2, 0.25) is 5.75 Å². The maximum absolute atomic E-state index is 12.6. The Kier molecular flexibility index (Phi) is 2.80. The van der Waals surface area contributed by atoms with E-state index in [2.05, 4.69) is 4.98 Å². The second-order valence-corrected chi connectivity index (χ2v) is 5.89. The molecule has 0 radical (unpaired) electrons. The Hall–Kier alpha value is -2.42. The molecule has 4 rings (SSSR count). The van der Waals surface area contributed by atoms with Gasteiger partial charge in [0.25, 0.3) is 0 Å². The third-order valence-corrected chi connectivity index (χ3v) is 4.68. The summed E-state index contributed by atoms with van der Waals surface area (Å²) in [7, 11) is 0. The highest BCUT2D eigenvalue weighted by Crippen LogP contribution is 2.47. The topological polar surface area (TPSA) is 111 Å². The predicted molar refractivity (Wildman–Crippen MR) is 74.3 cm³/mol. The first-order valence-electron chi connectivity index (χ1n) is 7.47. The fourth-order valence-corrected chi connectivity index (χ4v) is 3.63. The van der Waals surface area contributed by atoms with Gasteiger partial charge in [-0.05, 0) is 13.3 Å². The van der Waals surface area contributed by atoms with E-state index >= 15 is 0 Å². The predicted octanol–water partition coefficient (Wildman–Crippen LogP) is -0.203. The lowest BCUT2D eigenvalue weighted by Crippen LogP contribution is -2.48. The van der Waals surface area contributed by atoms with Crippen LogP contribution >= 0.6 is 0 Å². The SMILES string of the molecule is CCOC(=O)c1nc2n(c(=O)c1O)C(=O)N1CCC3CC21CO3. The van der Waals surface area contributed by atoms with Crippen LogP contribution in [0.15, 0.2) is 4.79 Å². The van der Waals surface area contributed by atoms with Crippen LogP contribution in [-0.4, -0.2) is 57.4 Å². The summed E-state index contributed by atoms with van der Waals surface area (Å²) < 4.78 is 11.3. The first-order valence-corrected chi connectivity index (χ1v) is 7.47. The number of ether oxygens (including phenoxy) is 2.